The zero-order valence-electron chi connectivity index (χ0n) is 12.4. The Kier molecular flexibility index (Phi) is 4.24. The fourth-order valence-electron chi connectivity index (χ4n) is 4.09. The lowest BCUT2D eigenvalue weighted by molar-refractivity contribution is -0.136. The van der Waals surface area contributed by atoms with E-state index in [0.717, 1.165) is 12.3 Å². The normalized spacial score (nSPS) is 36.8. The molecule has 2 nitrogen and oxygen atoms in total. The minimum atomic E-state index is 0.0677. The Morgan fingerprint density at radius 2 is 1.67 bits per heavy atom. The van der Waals surface area contributed by atoms with Gasteiger partial charge in [-0.25, -0.2) is 0 Å². The monoisotopic (exact) mass is 304 g/mol. The van der Waals surface area contributed by atoms with Crippen LogP contribution in [0, 0.1) is 11.8 Å². The molecular formula is C18H24O2S. The first kappa shape index (κ1) is 14.1. The van der Waals surface area contributed by atoms with Gasteiger partial charge in [0.05, 0.1) is 6.10 Å². The molecule has 21 heavy (non-hydrogen) atoms. The van der Waals surface area contributed by atoms with Crippen LogP contribution in [0.15, 0.2) is 35.2 Å². The molecule has 0 N–H and O–H groups in total. The Morgan fingerprint density at radius 1 is 0.857 bits per heavy atom. The van der Waals surface area contributed by atoms with E-state index in [4.69, 9.17) is 9.47 Å². The van der Waals surface area contributed by atoms with Crippen LogP contribution in [0.1, 0.15) is 44.9 Å². The molecule has 2 saturated heterocycles. The molecule has 4 atom stereocenters. The van der Waals surface area contributed by atoms with Gasteiger partial charge in [-0.3, -0.25) is 0 Å². The van der Waals surface area contributed by atoms with E-state index in [1.54, 1.807) is 0 Å². The van der Waals surface area contributed by atoms with E-state index in [1.807, 2.05) is 11.8 Å². The van der Waals surface area contributed by atoms with Gasteiger partial charge in [0.2, 0.25) is 0 Å². The lowest BCUT2D eigenvalue weighted by Crippen LogP contribution is -2.24. The Labute approximate surface area is 131 Å². The number of fused-ring (bicyclic) bond motifs is 1. The maximum absolute atomic E-state index is 6.26. The van der Waals surface area contributed by atoms with Crippen LogP contribution < -0.4 is 0 Å². The summed E-state index contributed by atoms with van der Waals surface area (Å²) < 4.78 is 12.4. The largest absolute Gasteiger partial charge is 0.349 e. The zero-order chi connectivity index (χ0) is 14.1. The molecule has 114 valence electrons. The van der Waals surface area contributed by atoms with Crippen LogP contribution in [-0.4, -0.2) is 17.8 Å². The summed E-state index contributed by atoms with van der Waals surface area (Å²) >= 11 is 1.84. The predicted molar refractivity (Wildman–Crippen MR) is 85.1 cm³/mol. The molecule has 0 aromatic heterocycles. The third-order valence-electron chi connectivity index (χ3n) is 5.20. The van der Waals surface area contributed by atoms with Crippen LogP contribution >= 0.6 is 11.8 Å². The molecule has 3 fully saturated rings. The molecule has 0 bridgehead atoms. The van der Waals surface area contributed by atoms with Crippen LogP contribution in [0.2, 0.25) is 0 Å². The molecule has 0 spiro atoms. The van der Waals surface area contributed by atoms with Gasteiger partial charge < -0.3 is 9.47 Å². The van der Waals surface area contributed by atoms with Crippen LogP contribution in [-0.2, 0) is 9.47 Å². The van der Waals surface area contributed by atoms with Crippen molar-refractivity contribution in [2.75, 3.05) is 0 Å². The summed E-state index contributed by atoms with van der Waals surface area (Å²) in [6.45, 7) is 0. The fraction of sp³-hybridized carbons (Fsp3) is 0.667. The summed E-state index contributed by atoms with van der Waals surface area (Å²) in [4.78, 5) is 1.30. The molecule has 3 heteroatoms. The summed E-state index contributed by atoms with van der Waals surface area (Å²) in [6, 6.07) is 10.6. The van der Waals surface area contributed by atoms with Crippen molar-refractivity contribution in [2.24, 2.45) is 11.8 Å². The van der Waals surface area contributed by atoms with Crippen molar-refractivity contribution < 1.29 is 9.47 Å². The average Bonchev–Trinajstić information content (AvgIpc) is 3.07. The number of ether oxygens (including phenoxy) is 2. The van der Waals surface area contributed by atoms with Crippen LogP contribution in [0.4, 0.5) is 0 Å². The van der Waals surface area contributed by atoms with Gasteiger partial charge in [0, 0.05) is 10.8 Å². The highest BCUT2D eigenvalue weighted by molar-refractivity contribution is 7.99. The number of benzene rings is 1. The number of thioether (sulfide) groups is 1. The molecular weight excluding hydrogens is 280 g/mol. The Hall–Kier alpha value is -0.510. The maximum atomic E-state index is 6.26. The summed E-state index contributed by atoms with van der Waals surface area (Å²) in [5.74, 6) is 1.42. The predicted octanol–water partition coefficient (Wildman–Crippen LogP) is 4.84. The van der Waals surface area contributed by atoms with E-state index in [9.17, 15) is 0 Å². The van der Waals surface area contributed by atoms with E-state index in [2.05, 4.69) is 30.3 Å². The lowest BCUT2D eigenvalue weighted by Gasteiger charge is -2.27. The summed E-state index contributed by atoms with van der Waals surface area (Å²) in [7, 11) is 0. The maximum Gasteiger partial charge on any atom is 0.162 e. The van der Waals surface area contributed by atoms with Crippen molar-refractivity contribution in [1.29, 1.82) is 0 Å². The van der Waals surface area contributed by atoms with E-state index in [1.165, 1.54) is 43.4 Å². The molecule has 4 rings (SSSR count). The van der Waals surface area contributed by atoms with E-state index in [-0.39, 0.29) is 11.7 Å². The summed E-state index contributed by atoms with van der Waals surface area (Å²) in [6.07, 6.45) is 9.86. The van der Waals surface area contributed by atoms with Crippen LogP contribution in [0.5, 0.6) is 0 Å². The first-order valence-corrected chi connectivity index (χ1v) is 9.29. The molecule has 1 aromatic carbocycles. The van der Waals surface area contributed by atoms with Crippen molar-refractivity contribution in [2.45, 2.75) is 67.7 Å². The zero-order valence-corrected chi connectivity index (χ0v) is 13.3. The molecule has 3 aliphatic rings. The minimum Gasteiger partial charge on any atom is -0.349 e. The Morgan fingerprint density at radius 3 is 2.43 bits per heavy atom. The van der Waals surface area contributed by atoms with Crippen molar-refractivity contribution in [3.05, 3.63) is 30.3 Å². The Balaban J connectivity index is 1.31. The Bertz CT molecular complexity index is 444. The topological polar surface area (TPSA) is 18.5 Å². The van der Waals surface area contributed by atoms with Gasteiger partial charge in [-0.15, -0.1) is 0 Å². The average molecular weight is 304 g/mol. The molecule has 2 aliphatic heterocycles. The second-order valence-corrected chi connectivity index (χ2v) is 7.90. The fourth-order valence-corrected chi connectivity index (χ4v) is 5.21. The molecule has 2 heterocycles. The van der Waals surface area contributed by atoms with Gasteiger partial charge in [-0.05, 0) is 43.7 Å². The van der Waals surface area contributed by atoms with Gasteiger partial charge >= 0.3 is 0 Å². The highest BCUT2D eigenvalue weighted by Gasteiger charge is 2.46. The molecule has 0 amide bonds. The van der Waals surface area contributed by atoms with Gasteiger partial charge in [0.1, 0.15) is 5.44 Å². The molecule has 0 radical (unpaired) electrons. The lowest BCUT2D eigenvalue weighted by atomic mass is 9.83. The smallest absolute Gasteiger partial charge is 0.162 e. The molecule has 1 aromatic rings. The van der Waals surface area contributed by atoms with Gasteiger partial charge in [-0.1, -0.05) is 49.2 Å². The van der Waals surface area contributed by atoms with E-state index in [0.29, 0.717) is 12.0 Å². The van der Waals surface area contributed by atoms with Crippen LogP contribution in [0.25, 0.3) is 0 Å². The molecule has 1 saturated carbocycles. The number of hydrogen-bond acceptors (Lipinski definition) is 3. The molecule has 1 aliphatic carbocycles. The SMILES string of the molecule is c1ccc(SC2C[C@@H]3CC(C4CCCCC4)O[C@@H]3O2)cc1. The highest BCUT2D eigenvalue weighted by atomic mass is 32.2. The standard InChI is InChI=1S/C18H24O2S/c1-3-7-13(8-4-1)16-11-14-12-17(20-18(14)19-16)21-15-9-5-2-6-10-15/h2,5-6,9-10,13-14,16-18H,1,3-4,7-8,11-12H2/t14-,16?,17?,18+/m0/s1. The van der Waals surface area contributed by atoms with Crippen molar-refractivity contribution in [1.82, 2.24) is 0 Å². The third kappa shape index (κ3) is 3.15. The van der Waals surface area contributed by atoms with Crippen molar-refractivity contribution in [3.63, 3.8) is 0 Å². The van der Waals surface area contributed by atoms with E-state index >= 15 is 0 Å². The summed E-state index contributed by atoms with van der Waals surface area (Å²) in [5.41, 5.74) is 0.273. The van der Waals surface area contributed by atoms with Gasteiger partial charge in [0.15, 0.2) is 6.29 Å². The van der Waals surface area contributed by atoms with E-state index < -0.39 is 0 Å². The van der Waals surface area contributed by atoms with Gasteiger partial charge in [-0.2, -0.15) is 0 Å². The van der Waals surface area contributed by atoms with Gasteiger partial charge in [0.25, 0.3) is 0 Å². The highest BCUT2D eigenvalue weighted by Crippen LogP contribution is 2.46. The third-order valence-corrected chi connectivity index (χ3v) is 6.31. The minimum absolute atomic E-state index is 0.0677. The second kappa shape index (κ2) is 6.31. The number of hydrogen-bond donors (Lipinski definition) is 0. The summed E-state index contributed by atoms with van der Waals surface area (Å²) in [5, 5.41) is 0. The first-order chi connectivity index (χ1) is 10.4. The molecule has 2 unspecified atom stereocenters. The van der Waals surface area contributed by atoms with Crippen molar-refractivity contribution in [3.8, 4) is 0 Å². The quantitative estimate of drug-likeness (QED) is 0.796. The number of rotatable bonds is 3. The van der Waals surface area contributed by atoms with Crippen LogP contribution in [0.3, 0.4) is 0 Å². The second-order valence-electron chi connectivity index (χ2n) is 6.67. The van der Waals surface area contributed by atoms with Crippen molar-refractivity contribution >= 4 is 11.8 Å². The first-order valence-electron chi connectivity index (χ1n) is 8.41.